The van der Waals surface area contributed by atoms with E-state index in [1.165, 1.54) is 7.11 Å². The first kappa shape index (κ1) is 12.7. The number of aliphatic hydroxyl groups is 1. The van der Waals surface area contributed by atoms with E-state index in [0.717, 1.165) is 0 Å². The van der Waals surface area contributed by atoms with Crippen LogP contribution in [0.2, 0.25) is 0 Å². The lowest BCUT2D eigenvalue weighted by Crippen LogP contribution is -2.28. The number of hydrogen-bond acceptors (Lipinski definition) is 4. The van der Waals surface area contributed by atoms with Crippen molar-refractivity contribution >= 4 is 15.9 Å². The zero-order valence-electron chi connectivity index (χ0n) is 9.90. The van der Waals surface area contributed by atoms with E-state index in [0.29, 0.717) is 21.3 Å². The molecule has 0 unspecified atom stereocenters. The minimum atomic E-state index is -0.796. The number of methoxy groups -OCH3 is 1. The van der Waals surface area contributed by atoms with Gasteiger partial charge in [0, 0.05) is 11.1 Å². The molecule has 5 heteroatoms. The van der Waals surface area contributed by atoms with Gasteiger partial charge in [0.25, 0.3) is 0 Å². The first-order chi connectivity index (χ1) is 7.97. The van der Waals surface area contributed by atoms with Gasteiger partial charge in [-0.2, -0.15) is 0 Å². The minimum Gasteiger partial charge on any atom is -0.506 e. The van der Waals surface area contributed by atoms with E-state index in [1.54, 1.807) is 13.0 Å². The Hall–Kier alpha value is -0.780. The SMILES string of the molecule is COc1cc(Br)c(O)c2c1[C@@H](O)[C@@H](C)O[C@@H]2C. The molecule has 0 saturated carbocycles. The quantitative estimate of drug-likeness (QED) is 0.837. The third-order valence-corrected chi connectivity index (χ3v) is 3.68. The standard InChI is InChI=1S/C12H15BrO4/c1-5-9-10(11(14)6(2)17-5)8(16-3)4-7(13)12(9)15/h4-6,11,14-15H,1-3H3/t5-,6-,11+/m1/s1. The van der Waals surface area contributed by atoms with E-state index >= 15 is 0 Å². The maximum Gasteiger partial charge on any atom is 0.136 e. The van der Waals surface area contributed by atoms with Crippen molar-refractivity contribution in [2.45, 2.75) is 32.2 Å². The Kier molecular flexibility index (Phi) is 3.34. The Morgan fingerprint density at radius 1 is 1.35 bits per heavy atom. The molecule has 0 bridgehead atoms. The Morgan fingerprint density at radius 3 is 2.59 bits per heavy atom. The fourth-order valence-electron chi connectivity index (χ4n) is 2.23. The van der Waals surface area contributed by atoms with Gasteiger partial charge in [-0.05, 0) is 35.8 Å². The second-order valence-corrected chi connectivity index (χ2v) is 5.02. The van der Waals surface area contributed by atoms with Gasteiger partial charge < -0.3 is 19.7 Å². The summed E-state index contributed by atoms with van der Waals surface area (Å²) in [5.74, 6) is 0.651. The van der Waals surface area contributed by atoms with Gasteiger partial charge in [0.1, 0.15) is 17.6 Å². The Balaban J connectivity index is 2.71. The predicted molar refractivity (Wildman–Crippen MR) is 66.3 cm³/mol. The summed E-state index contributed by atoms with van der Waals surface area (Å²) in [5, 5.41) is 20.2. The van der Waals surface area contributed by atoms with Crippen molar-refractivity contribution < 1.29 is 19.7 Å². The summed E-state index contributed by atoms with van der Waals surface area (Å²) < 4.78 is 11.4. The Morgan fingerprint density at radius 2 is 2.00 bits per heavy atom. The lowest BCUT2D eigenvalue weighted by Gasteiger charge is -2.34. The number of fused-ring (bicyclic) bond motifs is 1. The van der Waals surface area contributed by atoms with Crippen molar-refractivity contribution in [3.63, 3.8) is 0 Å². The summed E-state index contributed by atoms with van der Waals surface area (Å²) in [6, 6.07) is 1.65. The van der Waals surface area contributed by atoms with Crippen LogP contribution in [0.15, 0.2) is 10.5 Å². The molecule has 2 rings (SSSR count). The maximum atomic E-state index is 10.1. The summed E-state index contributed by atoms with van der Waals surface area (Å²) in [7, 11) is 1.54. The van der Waals surface area contributed by atoms with Crippen molar-refractivity contribution in [2.24, 2.45) is 0 Å². The van der Waals surface area contributed by atoms with Gasteiger partial charge >= 0.3 is 0 Å². The molecular weight excluding hydrogens is 288 g/mol. The molecule has 0 amide bonds. The van der Waals surface area contributed by atoms with Crippen LogP contribution in [0.5, 0.6) is 11.5 Å². The zero-order chi connectivity index (χ0) is 12.7. The van der Waals surface area contributed by atoms with Crippen LogP contribution in [0.25, 0.3) is 0 Å². The van der Waals surface area contributed by atoms with Crippen LogP contribution in [-0.2, 0) is 4.74 Å². The first-order valence-electron chi connectivity index (χ1n) is 5.40. The smallest absolute Gasteiger partial charge is 0.136 e. The summed E-state index contributed by atoms with van der Waals surface area (Å²) >= 11 is 3.26. The number of halogens is 1. The second kappa shape index (κ2) is 4.48. The molecule has 0 saturated heterocycles. The van der Waals surface area contributed by atoms with Crippen LogP contribution < -0.4 is 4.74 Å². The lowest BCUT2D eigenvalue weighted by atomic mass is 9.91. The van der Waals surface area contributed by atoms with Crippen molar-refractivity contribution in [1.29, 1.82) is 0 Å². The van der Waals surface area contributed by atoms with Crippen molar-refractivity contribution in [2.75, 3.05) is 7.11 Å². The molecule has 3 atom stereocenters. The van der Waals surface area contributed by atoms with Crippen LogP contribution in [0.3, 0.4) is 0 Å². The molecule has 0 fully saturated rings. The minimum absolute atomic E-state index is 0.0965. The van der Waals surface area contributed by atoms with Crippen LogP contribution >= 0.6 is 15.9 Å². The van der Waals surface area contributed by atoms with Crippen LogP contribution in [0.4, 0.5) is 0 Å². The highest BCUT2D eigenvalue weighted by Crippen LogP contribution is 2.48. The van der Waals surface area contributed by atoms with Gasteiger partial charge in [-0.3, -0.25) is 0 Å². The molecule has 4 nitrogen and oxygen atoms in total. The van der Waals surface area contributed by atoms with Gasteiger partial charge in [-0.1, -0.05) is 0 Å². The van der Waals surface area contributed by atoms with E-state index in [-0.39, 0.29) is 18.0 Å². The third-order valence-electron chi connectivity index (χ3n) is 3.08. The molecule has 0 aliphatic carbocycles. The molecule has 0 aromatic heterocycles. The number of aromatic hydroxyl groups is 1. The number of rotatable bonds is 1. The summed E-state index contributed by atoms with van der Waals surface area (Å²) in [6.07, 6.45) is -1.41. The average molecular weight is 303 g/mol. The molecule has 0 spiro atoms. The van der Waals surface area contributed by atoms with Gasteiger partial charge in [0.2, 0.25) is 0 Å². The summed E-state index contributed by atoms with van der Waals surface area (Å²) in [6.45, 7) is 3.63. The highest BCUT2D eigenvalue weighted by molar-refractivity contribution is 9.10. The first-order valence-corrected chi connectivity index (χ1v) is 6.19. The molecule has 1 aromatic rings. The molecule has 1 aliphatic heterocycles. The van der Waals surface area contributed by atoms with Crippen molar-refractivity contribution in [1.82, 2.24) is 0 Å². The Bertz CT molecular complexity index is 447. The molecule has 1 aromatic carbocycles. The van der Waals surface area contributed by atoms with E-state index < -0.39 is 6.10 Å². The number of ether oxygens (including phenoxy) is 2. The van der Waals surface area contributed by atoms with Gasteiger partial charge in [0.05, 0.1) is 23.8 Å². The fraction of sp³-hybridized carbons (Fsp3) is 0.500. The molecule has 17 heavy (non-hydrogen) atoms. The van der Waals surface area contributed by atoms with E-state index in [1.807, 2.05) is 6.92 Å². The van der Waals surface area contributed by atoms with Crippen molar-refractivity contribution in [3.8, 4) is 11.5 Å². The van der Waals surface area contributed by atoms with E-state index in [4.69, 9.17) is 9.47 Å². The van der Waals surface area contributed by atoms with Crippen LogP contribution in [0, 0.1) is 0 Å². The number of phenols is 1. The lowest BCUT2D eigenvalue weighted by molar-refractivity contribution is -0.0825. The number of phenolic OH excluding ortho intramolecular Hbond substituents is 1. The molecule has 2 N–H and O–H groups in total. The zero-order valence-corrected chi connectivity index (χ0v) is 11.5. The monoisotopic (exact) mass is 302 g/mol. The van der Waals surface area contributed by atoms with Crippen LogP contribution in [0.1, 0.15) is 37.2 Å². The van der Waals surface area contributed by atoms with Crippen LogP contribution in [-0.4, -0.2) is 23.4 Å². The fourth-order valence-corrected chi connectivity index (χ4v) is 2.66. The number of hydrogen-bond donors (Lipinski definition) is 2. The highest BCUT2D eigenvalue weighted by Gasteiger charge is 2.35. The molecular formula is C12H15BrO4. The molecule has 0 radical (unpaired) electrons. The molecule has 1 aliphatic rings. The largest absolute Gasteiger partial charge is 0.506 e. The molecule has 94 valence electrons. The second-order valence-electron chi connectivity index (χ2n) is 4.16. The maximum absolute atomic E-state index is 10.1. The number of aliphatic hydroxyl groups excluding tert-OH is 1. The topological polar surface area (TPSA) is 58.9 Å². The Labute approximate surface area is 108 Å². The summed E-state index contributed by atoms with van der Waals surface area (Å²) in [4.78, 5) is 0. The van der Waals surface area contributed by atoms with Gasteiger partial charge in [-0.15, -0.1) is 0 Å². The summed E-state index contributed by atoms with van der Waals surface area (Å²) in [5.41, 5.74) is 1.20. The van der Waals surface area contributed by atoms with E-state index in [2.05, 4.69) is 15.9 Å². The normalized spacial score (nSPS) is 27.7. The number of benzene rings is 1. The van der Waals surface area contributed by atoms with Crippen molar-refractivity contribution in [3.05, 3.63) is 21.7 Å². The average Bonchev–Trinajstić information content (AvgIpc) is 2.29. The predicted octanol–water partition coefficient (Wildman–Crippen LogP) is 2.68. The highest BCUT2D eigenvalue weighted by atomic mass is 79.9. The third kappa shape index (κ3) is 1.92. The molecule has 1 heterocycles. The van der Waals surface area contributed by atoms with Gasteiger partial charge in [0.15, 0.2) is 0 Å². The van der Waals surface area contributed by atoms with E-state index in [9.17, 15) is 10.2 Å². The van der Waals surface area contributed by atoms with Gasteiger partial charge in [-0.25, -0.2) is 0 Å².